The van der Waals surface area contributed by atoms with E-state index in [-0.39, 0.29) is 0 Å². The van der Waals surface area contributed by atoms with Crippen molar-refractivity contribution in [3.05, 3.63) is 0 Å². The summed E-state index contributed by atoms with van der Waals surface area (Å²) in [6.07, 6.45) is 5.89. The van der Waals surface area contributed by atoms with Crippen molar-refractivity contribution in [2.24, 2.45) is 11.8 Å². The van der Waals surface area contributed by atoms with Gasteiger partial charge in [0.1, 0.15) is 0 Å². The highest BCUT2D eigenvalue weighted by Gasteiger charge is 2.33. The van der Waals surface area contributed by atoms with Gasteiger partial charge in [-0.25, -0.2) is 0 Å². The molecule has 0 bridgehead atoms. The second-order valence-corrected chi connectivity index (χ2v) is 6.31. The molecule has 0 radical (unpaired) electrons. The molecule has 0 spiro atoms. The maximum absolute atomic E-state index is 12.1. The number of carbonyl (C=O) groups excluding carboxylic acids is 1. The molecule has 3 fully saturated rings. The quantitative estimate of drug-likeness (QED) is 0.770. The summed E-state index contributed by atoms with van der Waals surface area (Å²) in [7, 11) is 0. The van der Waals surface area contributed by atoms with Gasteiger partial charge in [-0.15, -0.1) is 0 Å². The minimum Gasteiger partial charge on any atom is -0.381 e. The molecule has 108 valence electrons. The molecule has 1 atom stereocenters. The van der Waals surface area contributed by atoms with Crippen LogP contribution in [0.25, 0.3) is 0 Å². The third kappa shape index (κ3) is 3.69. The monoisotopic (exact) mass is 266 g/mol. The van der Waals surface area contributed by atoms with Crippen molar-refractivity contribution in [1.29, 1.82) is 0 Å². The Hall–Kier alpha value is -0.610. The largest absolute Gasteiger partial charge is 0.381 e. The molecule has 0 aromatic carbocycles. The lowest BCUT2D eigenvalue weighted by atomic mass is 10.1. The fourth-order valence-electron chi connectivity index (χ4n) is 3.18. The second-order valence-electron chi connectivity index (χ2n) is 6.31. The van der Waals surface area contributed by atoms with Crippen LogP contribution >= 0.6 is 0 Å². The minimum absolute atomic E-state index is 0.377. The topological polar surface area (TPSA) is 32.8 Å². The molecule has 1 aliphatic carbocycles. The lowest BCUT2D eigenvalue weighted by Crippen LogP contribution is -2.36. The summed E-state index contributed by atoms with van der Waals surface area (Å²) < 4.78 is 5.43. The fourth-order valence-corrected chi connectivity index (χ4v) is 3.18. The Morgan fingerprint density at radius 2 is 2.00 bits per heavy atom. The number of hydrogen-bond donors (Lipinski definition) is 0. The molecule has 4 nitrogen and oxygen atoms in total. The highest BCUT2D eigenvalue weighted by atomic mass is 16.5. The van der Waals surface area contributed by atoms with Crippen molar-refractivity contribution in [3.8, 4) is 0 Å². The summed E-state index contributed by atoms with van der Waals surface area (Å²) >= 11 is 0. The highest BCUT2D eigenvalue weighted by molar-refractivity contribution is 5.81. The van der Waals surface area contributed by atoms with Crippen LogP contribution in [0, 0.1) is 11.8 Å². The standard InChI is InChI=1S/C15H26N2O2/c18-15(14-2-3-14)17-7-1-6-16(9-10-17)8-4-13-5-11-19-12-13/h13-14H,1-12H2. The van der Waals surface area contributed by atoms with E-state index < -0.39 is 0 Å². The van der Waals surface area contributed by atoms with Crippen molar-refractivity contribution in [2.75, 3.05) is 45.9 Å². The number of carbonyl (C=O) groups is 1. The first-order valence-electron chi connectivity index (χ1n) is 7.92. The molecule has 0 aromatic rings. The van der Waals surface area contributed by atoms with Gasteiger partial charge in [0.2, 0.25) is 5.91 Å². The zero-order chi connectivity index (χ0) is 13.1. The van der Waals surface area contributed by atoms with E-state index in [0.29, 0.717) is 11.8 Å². The molecule has 1 saturated carbocycles. The van der Waals surface area contributed by atoms with Crippen LogP contribution in [-0.4, -0.2) is 61.6 Å². The molecular weight excluding hydrogens is 240 g/mol. The van der Waals surface area contributed by atoms with Crippen molar-refractivity contribution in [1.82, 2.24) is 9.80 Å². The van der Waals surface area contributed by atoms with Gasteiger partial charge in [0.15, 0.2) is 0 Å². The molecule has 1 amide bonds. The third-order valence-electron chi connectivity index (χ3n) is 4.70. The molecule has 2 saturated heterocycles. The summed E-state index contributed by atoms with van der Waals surface area (Å²) in [5, 5.41) is 0. The zero-order valence-corrected chi connectivity index (χ0v) is 11.9. The number of rotatable bonds is 4. The predicted octanol–water partition coefficient (Wildman–Crippen LogP) is 1.36. The van der Waals surface area contributed by atoms with Crippen molar-refractivity contribution in [3.63, 3.8) is 0 Å². The van der Waals surface area contributed by atoms with Crippen LogP contribution in [0.3, 0.4) is 0 Å². The van der Waals surface area contributed by atoms with Gasteiger partial charge in [-0.2, -0.15) is 0 Å². The average Bonchev–Trinajstić information content (AvgIpc) is 3.19. The zero-order valence-electron chi connectivity index (χ0n) is 11.9. The van der Waals surface area contributed by atoms with Crippen molar-refractivity contribution in [2.45, 2.75) is 32.1 Å². The second kappa shape index (κ2) is 6.23. The molecule has 2 heterocycles. The van der Waals surface area contributed by atoms with E-state index in [2.05, 4.69) is 9.80 Å². The molecule has 19 heavy (non-hydrogen) atoms. The smallest absolute Gasteiger partial charge is 0.225 e. The minimum atomic E-state index is 0.377. The molecule has 3 aliphatic rings. The van der Waals surface area contributed by atoms with Gasteiger partial charge in [-0.1, -0.05) is 0 Å². The van der Waals surface area contributed by atoms with Crippen LogP contribution in [0.1, 0.15) is 32.1 Å². The molecule has 3 rings (SSSR count). The van der Waals surface area contributed by atoms with Gasteiger partial charge >= 0.3 is 0 Å². The first-order chi connectivity index (χ1) is 9.33. The van der Waals surface area contributed by atoms with Crippen LogP contribution in [0.5, 0.6) is 0 Å². The summed E-state index contributed by atoms with van der Waals surface area (Å²) in [4.78, 5) is 16.7. The van der Waals surface area contributed by atoms with Crippen molar-refractivity contribution < 1.29 is 9.53 Å². The number of nitrogens with zero attached hydrogens (tertiary/aromatic N) is 2. The maximum atomic E-state index is 12.1. The Balaban J connectivity index is 1.40. The first-order valence-corrected chi connectivity index (χ1v) is 7.92. The van der Waals surface area contributed by atoms with Crippen LogP contribution in [0.2, 0.25) is 0 Å². The van der Waals surface area contributed by atoms with E-state index in [1.165, 1.54) is 19.4 Å². The number of ether oxygens (including phenoxy) is 1. The van der Waals surface area contributed by atoms with E-state index in [0.717, 1.165) is 64.6 Å². The van der Waals surface area contributed by atoms with Gasteiger partial charge in [0.05, 0.1) is 0 Å². The van der Waals surface area contributed by atoms with Crippen LogP contribution < -0.4 is 0 Å². The summed E-state index contributed by atoms with van der Waals surface area (Å²) in [5.41, 5.74) is 0. The molecular formula is C15H26N2O2. The lowest BCUT2D eigenvalue weighted by molar-refractivity contribution is -0.132. The van der Waals surface area contributed by atoms with Crippen molar-refractivity contribution >= 4 is 5.91 Å². The van der Waals surface area contributed by atoms with E-state index in [1.807, 2.05) is 0 Å². The summed E-state index contributed by atoms with van der Waals surface area (Å²) in [6.45, 7) is 7.22. The Morgan fingerprint density at radius 3 is 2.74 bits per heavy atom. The Morgan fingerprint density at radius 1 is 1.11 bits per heavy atom. The normalized spacial score (nSPS) is 29.5. The molecule has 0 aromatic heterocycles. The van der Waals surface area contributed by atoms with E-state index >= 15 is 0 Å². The maximum Gasteiger partial charge on any atom is 0.225 e. The first kappa shape index (κ1) is 13.4. The highest BCUT2D eigenvalue weighted by Crippen LogP contribution is 2.31. The Bertz CT molecular complexity index is 311. The van der Waals surface area contributed by atoms with E-state index in [4.69, 9.17) is 4.74 Å². The third-order valence-corrected chi connectivity index (χ3v) is 4.70. The van der Waals surface area contributed by atoms with Gasteiger partial charge in [-0.3, -0.25) is 4.79 Å². The number of amides is 1. The Kier molecular flexibility index (Phi) is 4.38. The molecule has 1 unspecified atom stereocenters. The van der Waals surface area contributed by atoms with E-state index in [1.54, 1.807) is 0 Å². The van der Waals surface area contributed by atoms with Gasteiger partial charge in [0, 0.05) is 38.8 Å². The summed E-state index contributed by atoms with van der Waals surface area (Å²) in [6, 6.07) is 0. The SMILES string of the molecule is O=C(C1CC1)N1CCCN(CCC2CCOC2)CC1. The van der Waals surface area contributed by atoms with Crippen LogP contribution in [0.4, 0.5) is 0 Å². The average molecular weight is 266 g/mol. The molecule has 2 aliphatic heterocycles. The summed E-state index contributed by atoms with van der Waals surface area (Å²) in [5.74, 6) is 1.57. The van der Waals surface area contributed by atoms with Gasteiger partial charge in [0.25, 0.3) is 0 Å². The van der Waals surface area contributed by atoms with Gasteiger partial charge < -0.3 is 14.5 Å². The predicted molar refractivity (Wildman–Crippen MR) is 73.9 cm³/mol. The molecule has 4 heteroatoms. The lowest BCUT2D eigenvalue weighted by Gasteiger charge is -2.22. The van der Waals surface area contributed by atoms with Gasteiger partial charge in [-0.05, 0) is 51.1 Å². The van der Waals surface area contributed by atoms with Crippen LogP contribution in [0.15, 0.2) is 0 Å². The van der Waals surface area contributed by atoms with Crippen LogP contribution in [-0.2, 0) is 9.53 Å². The number of hydrogen-bond acceptors (Lipinski definition) is 3. The fraction of sp³-hybridized carbons (Fsp3) is 0.933. The van der Waals surface area contributed by atoms with E-state index in [9.17, 15) is 4.79 Å². The molecule has 0 N–H and O–H groups in total. The Labute approximate surface area is 116 Å².